The number of nitrogens with zero attached hydrogens (tertiary/aromatic N) is 5. The highest BCUT2D eigenvalue weighted by Crippen LogP contribution is 2.26. The van der Waals surface area contributed by atoms with Gasteiger partial charge in [-0.2, -0.15) is 10.2 Å². The van der Waals surface area contributed by atoms with Crippen molar-refractivity contribution >= 4 is 10.9 Å². The lowest BCUT2D eigenvalue weighted by molar-refractivity contribution is 0.652. The van der Waals surface area contributed by atoms with Crippen molar-refractivity contribution in [1.82, 2.24) is 24.5 Å². The van der Waals surface area contributed by atoms with E-state index in [9.17, 15) is 0 Å². The normalized spacial score (nSPS) is 11.3. The Morgan fingerprint density at radius 2 is 1.89 bits per heavy atom. The second kappa shape index (κ2) is 4.50. The van der Waals surface area contributed by atoms with Crippen LogP contribution in [0.15, 0.2) is 24.3 Å². The molecule has 0 amide bonds. The summed E-state index contributed by atoms with van der Waals surface area (Å²) in [4.78, 5) is 4.61. The van der Waals surface area contributed by atoms with Crippen LogP contribution in [0.5, 0.6) is 0 Å². The average molecular weight is 255 g/mol. The maximum absolute atomic E-state index is 4.61. The van der Waals surface area contributed by atoms with Crippen LogP contribution < -0.4 is 0 Å². The zero-order valence-corrected chi connectivity index (χ0v) is 11.5. The van der Waals surface area contributed by atoms with Crippen LogP contribution in [0.1, 0.15) is 19.7 Å². The van der Waals surface area contributed by atoms with Crippen molar-refractivity contribution in [3.63, 3.8) is 0 Å². The highest BCUT2D eigenvalue weighted by atomic mass is 15.4. The molecule has 0 saturated carbocycles. The third kappa shape index (κ3) is 1.82. The van der Waals surface area contributed by atoms with Crippen molar-refractivity contribution in [2.24, 2.45) is 7.05 Å². The Morgan fingerprint density at radius 3 is 2.63 bits per heavy atom. The van der Waals surface area contributed by atoms with Crippen molar-refractivity contribution in [3.8, 4) is 11.5 Å². The molecule has 0 fully saturated rings. The van der Waals surface area contributed by atoms with Crippen LogP contribution in [0.4, 0.5) is 0 Å². The quantitative estimate of drug-likeness (QED) is 0.722. The smallest absolute Gasteiger partial charge is 0.179 e. The van der Waals surface area contributed by atoms with Gasteiger partial charge in [0.1, 0.15) is 5.69 Å². The number of hydrogen-bond donors (Lipinski definition) is 0. The molecule has 0 N–H and O–H groups in total. The summed E-state index contributed by atoms with van der Waals surface area (Å²) < 4.78 is 3.82. The summed E-state index contributed by atoms with van der Waals surface area (Å²) in [5, 5.41) is 10.2. The third-order valence-electron chi connectivity index (χ3n) is 3.30. The molecule has 19 heavy (non-hydrogen) atoms. The number of para-hydroxylation sites is 1. The molecule has 0 spiro atoms. The van der Waals surface area contributed by atoms with E-state index in [-0.39, 0.29) is 0 Å². The molecular formula is C14H17N5. The van der Waals surface area contributed by atoms with Gasteiger partial charge in [0.2, 0.25) is 0 Å². The highest BCUT2D eigenvalue weighted by Gasteiger charge is 2.16. The van der Waals surface area contributed by atoms with E-state index in [0.29, 0.717) is 0 Å². The van der Waals surface area contributed by atoms with Gasteiger partial charge in [0.15, 0.2) is 11.6 Å². The zero-order valence-electron chi connectivity index (χ0n) is 11.5. The fourth-order valence-electron chi connectivity index (χ4n) is 2.31. The van der Waals surface area contributed by atoms with Crippen molar-refractivity contribution in [2.75, 3.05) is 0 Å². The summed E-state index contributed by atoms with van der Waals surface area (Å²) in [5.41, 5.74) is 2.02. The third-order valence-corrected chi connectivity index (χ3v) is 3.30. The predicted molar refractivity (Wildman–Crippen MR) is 74.8 cm³/mol. The van der Waals surface area contributed by atoms with Gasteiger partial charge in [0.25, 0.3) is 0 Å². The molecule has 2 heterocycles. The summed E-state index contributed by atoms with van der Waals surface area (Å²) in [6.07, 6.45) is 0.838. The molecule has 1 aromatic carbocycles. The molecule has 0 aliphatic heterocycles. The topological polar surface area (TPSA) is 48.5 Å². The standard InChI is InChI=1S/C14H17N5/c1-4-12-15-14(19(5-2)16-12)13-10-8-6-7-9-11(10)18(3)17-13/h6-9H,4-5H2,1-3H3. The molecule has 5 nitrogen and oxygen atoms in total. The van der Waals surface area contributed by atoms with Gasteiger partial charge < -0.3 is 0 Å². The summed E-state index contributed by atoms with van der Waals surface area (Å²) in [6.45, 7) is 4.94. The Kier molecular flexibility index (Phi) is 2.81. The lowest BCUT2D eigenvalue weighted by Crippen LogP contribution is -2.01. The second-order valence-electron chi connectivity index (χ2n) is 4.51. The van der Waals surface area contributed by atoms with Gasteiger partial charge in [0, 0.05) is 25.4 Å². The van der Waals surface area contributed by atoms with Crippen LogP contribution in [-0.2, 0) is 20.0 Å². The van der Waals surface area contributed by atoms with Gasteiger partial charge in [-0.15, -0.1) is 0 Å². The molecule has 5 heteroatoms. The van der Waals surface area contributed by atoms with Gasteiger partial charge in [-0.05, 0) is 13.0 Å². The molecule has 0 saturated heterocycles. The fourth-order valence-corrected chi connectivity index (χ4v) is 2.31. The van der Waals surface area contributed by atoms with Crippen LogP contribution in [-0.4, -0.2) is 24.5 Å². The Morgan fingerprint density at radius 1 is 1.11 bits per heavy atom. The molecule has 0 atom stereocenters. The lowest BCUT2D eigenvalue weighted by atomic mass is 10.2. The highest BCUT2D eigenvalue weighted by molar-refractivity contribution is 5.91. The van der Waals surface area contributed by atoms with E-state index in [4.69, 9.17) is 0 Å². The monoisotopic (exact) mass is 255 g/mol. The number of benzene rings is 1. The number of aromatic nitrogens is 5. The van der Waals surface area contributed by atoms with Crippen molar-refractivity contribution in [2.45, 2.75) is 26.8 Å². The molecule has 0 radical (unpaired) electrons. The SMILES string of the molecule is CCc1nc(-c2nn(C)c3ccccc23)n(CC)n1. The van der Waals surface area contributed by atoms with E-state index in [1.54, 1.807) is 0 Å². The number of fused-ring (bicyclic) bond motifs is 1. The maximum atomic E-state index is 4.61. The maximum Gasteiger partial charge on any atom is 0.179 e. The molecule has 3 rings (SSSR count). The van der Waals surface area contributed by atoms with Crippen molar-refractivity contribution in [3.05, 3.63) is 30.1 Å². The van der Waals surface area contributed by atoms with E-state index in [2.05, 4.69) is 41.2 Å². The van der Waals surface area contributed by atoms with E-state index in [1.807, 2.05) is 28.5 Å². The Labute approximate surface area is 111 Å². The molecule has 0 unspecified atom stereocenters. The van der Waals surface area contributed by atoms with E-state index in [1.165, 1.54) is 0 Å². The van der Waals surface area contributed by atoms with E-state index in [0.717, 1.165) is 41.2 Å². The molecule has 0 aliphatic carbocycles. The summed E-state index contributed by atoms with van der Waals surface area (Å²) >= 11 is 0. The van der Waals surface area contributed by atoms with Gasteiger partial charge >= 0.3 is 0 Å². The molecule has 2 aromatic heterocycles. The number of aryl methyl sites for hydroxylation is 3. The zero-order chi connectivity index (χ0) is 13.4. The minimum absolute atomic E-state index is 0.799. The Hall–Kier alpha value is -2.17. The minimum atomic E-state index is 0.799. The van der Waals surface area contributed by atoms with Crippen molar-refractivity contribution in [1.29, 1.82) is 0 Å². The van der Waals surface area contributed by atoms with Gasteiger partial charge in [-0.3, -0.25) is 4.68 Å². The first-order valence-electron chi connectivity index (χ1n) is 6.60. The fraction of sp³-hybridized carbons (Fsp3) is 0.357. The molecule has 98 valence electrons. The number of rotatable bonds is 3. The van der Waals surface area contributed by atoms with Crippen molar-refractivity contribution < 1.29 is 0 Å². The lowest BCUT2D eigenvalue weighted by Gasteiger charge is -1.99. The molecule has 3 aromatic rings. The van der Waals surface area contributed by atoms with Gasteiger partial charge in [0.05, 0.1) is 5.52 Å². The molecular weight excluding hydrogens is 238 g/mol. The summed E-state index contributed by atoms with van der Waals surface area (Å²) in [6, 6.07) is 8.20. The first-order chi connectivity index (χ1) is 9.24. The van der Waals surface area contributed by atoms with Crippen LogP contribution in [0, 0.1) is 0 Å². The summed E-state index contributed by atoms with van der Waals surface area (Å²) in [5.74, 6) is 1.72. The molecule has 0 bridgehead atoms. The Balaban J connectivity index is 2.27. The second-order valence-corrected chi connectivity index (χ2v) is 4.51. The van der Waals surface area contributed by atoms with E-state index < -0.39 is 0 Å². The average Bonchev–Trinajstić information content (AvgIpc) is 3.00. The van der Waals surface area contributed by atoms with Crippen LogP contribution in [0.25, 0.3) is 22.4 Å². The first-order valence-corrected chi connectivity index (χ1v) is 6.60. The van der Waals surface area contributed by atoms with E-state index >= 15 is 0 Å². The minimum Gasteiger partial charge on any atom is -0.267 e. The van der Waals surface area contributed by atoms with Crippen LogP contribution in [0.3, 0.4) is 0 Å². The number of hydrogen-bond acceptors (Lipinski definition) is 3. The van der Waals surface area contributed by atoms with Gasteiger partial charge in [-0.25, -0.2) is 9.67 Å². The Bertz CT molecular complexity index is 723. The van der Waals surface area contributed by atoms with Crippen LogP contribution in [0.2, 0.25) is 0 Å². The predicted octanol–water partition coefficient (Wildman–Crippen LogP) is 2.41. The first kappa shape index (κ1) is 11.9. The largest absolute Gasteiger partial charge is 0.267 e. The van der Waals surface area contributed by atoms with Gasteiger partial charge in [-0.1, -0.05) is 25.1 Å². The molecule has 0 aliphatic rings. The summed E-state index contributed by atoms with van der Waals surface area (Å²) in [7, 11) is 1.96. The van der Waals surface area contributed by atoms with Crippen LogP contribution >= 0.6 is 0 Å².